The maximum atomic E-state index is 10.9. The van der Waals surface area contributed by atoms with E-state index in [9.17, 15) is 4.57 Å². The molecule has 92 valence electrons. The van der Waals surface area contributed by atoms with E-state index in [4.69, 9.17) is 14.7 Å². The van der Waals surface area contributed by atoms with Gasteiger partial charge < -0.3 is 4.89 Å². The molecule has 4 nitrogen and oxygen atoms in total. The first kappa shape index (κ1) is 13.9. The number of nitriles is 1. The molecule has 0 aliphatic heterocycles. The van der Waals surface area contributed by atoms with Crippen molar-refractivity contribution >= 4 is 8.25 Å². The van der Waals surface area contributed by atoms with Crippen LogP contribution < -0.4 is 0 Å². The van der Waals surface area contributed by atoms with E-state index < -0.39 is 13.9 Å². The largest absolute Gasteiger partial charge is 0.326 e. The van der Waals surface area contributed by atoms with E-state index in [-0.39, 0.29) is 0 Å². The molecule has 1 atom stereocenters. The molecule has 1 rings (SSSR count). The molecule has 0 aliphatic carbocycles. The van der Waals surface area contributed by atoms with Gasteiger partial charge in [0, 0.05) is 0 Å². The summed E-state index contributed by atoms with van der Waals surface area (Å²) in [7, 11) is -2.99. The van der Waals surface area contributed by atoms with Gasteiger partial charge in [0.1, 0.15) is 5.60 Å². The molecule has 1 N–H and O–H groups in total. The lowest BCUT2D eigenvalue weighted by Gasteiger charge is -2.30. The Morgan fingerprint density at radius 3 is 2.24 bits per heavy atom. The van der Waals surface area contributed by atoms with Gasteiger partial charge >= 0.3 is 8.25 Å². The quantitative estimate of drug-likeness (QED) is 0.819. The first-order chi connectivity index (χ1) is 8.07. The van der Waals surface area contributed by atoms with E-state index >= 15 is 0 Å². The van der Waals surface area contributed by atoms with Crippen LogP contribution in [0.5, 0.6) is 0 Å². The molecular formula is C12H16NO3P. The summed E-state index contributed by atoms with van der Waals surface area (Å²) in [6.45, 7) is 3.82. The highest BCUT2D eigenvalue weighted by atomic mass is 31.1. The summed E-state index contributed by atoms with van der Waals surface area (Å²) in [6, 6.07) is 8.96. The highest BCUT2D eigenvalue weighted by molar-refractivity contribution is 7.32. The molecule has 0 saturated heterocycles. The summed E-state index contributed by atoms with van der Waals surface area (Å²) < 4.78 is 16.2. The Bertz CT molecular complexity index is 432. The van der Waals surface area contributed by atoms with E-state index in [0.29, 0.717) is 18.4 Å². The molecule has 0 aromatic heterocycles. The van der Waals surface area contributed by atoms with Crippen molar-refractivity contribution in [1.82, 2.24) is 0 Å². The first-order valence-electron chi connectivity index (χ1n) is 5.50. The molecule has 1 aromatic rings. The predicted octanol–water partition coefficient (Wildman–Crippen LogP) is 2.97. The van der Waals surface area contributed by atoms with Crippen LogP contribution in [0, 0.1) is 11.3 Å². The van der Waals surface area contributed by atoms with Crippen LogP contribution in [0.1, 0.15) is 37.8 Å². The van der Waals surface area contributed by atoms with E-state index in [0.717, 1.165) is 5.56 Å². The van der Waals surface area contributed by atoms with Gasteiger partial charge in [-0.1, -0.05) is 26.0 Å². The van der Waals surface area contributed by atoms with Gasteiger partial charge in [0.05, 0.1) is 11.6 Å². The Kier molecular flexibility index (Phi) is 4.89. The van der Waals surface area contributed by atoms with Crippen molar-refractivity contribution < 1.29 is 14.0 Å². The van der Waals surface area contributed by atoms with Crippen molar-refractivity contribution in [3.8, 4) is 6.07 Å². The second-order valence-corrected chi connectivity index (χ2v) is 4.49. The van der Waals surface area contributed by atoms with Gasteiger partial charge in [0.2, 0.25) is 0 Å². The SMILES string of the molecule is CCC(CC)(O[PH](=O)O)c1ccc(C#N)cc1. The molecule has 0 amide bonds. The van der Waals surface area contributed by atoms with Crippen LogP contribution >= 0.6 is 8.25 Å². The summed E-state index contributed by atoms with van der Waals surface area (Å²) >= 11 is 0. The Balaban J connectivity index is 3.12. The maximum Gasteiger partial charge on any atom is 0.317 e. The zero-order chi connectivity index (χ0) is 12.9. The van der Waals surface area contributed by atoms with Crippen molar-refractivity contribution in [1.29, 1.82) is 5.26 Å². The molecule has 0 bridgehead atoms. The number of hydrogen-bond acceptors (Lipinski definition) is 3. The molecule has 0 heterocycles. The van der Waals surface area contributed by atoms with Crippen LogP contribution in [-0.4, -0.2) is 4.89 Å². The third-order valence-corrected chi connectivity index (χ3v) is 3.53. The lowest BCUT2D eigenvalue weighted by Crippen LogP contribution is -2.25. The van der Waals surface area contributed by atoms with Crippen molar-refractivity contribution in [2.45, 2.75) is 32.3 Å². The average molecular weight is 253 g/mol. The molecule has 5 heteroatoms. The van der Waals surface area contributed by atoms with Crippen LogP contribution in [0.3, 0.4) is 0 Å². The molecule has 0 spiro atoms. The van der Waals surface area contributed by atoms with Gasteiger partial charge in [-0.05, 0) is 30.5 Å². The van der Waals surface area contributed by atoms with E-state index in [2.05, 4.69) is 0 Å². The summed E-state index contributed by atoms with van der Waals surface area (Å²) in [5, 5.41) is 8.72. The molecule has 0 saturated carbocycles. The lowest BCUT2D eigenvalue weighted by molar-refractivity contribution is 0.0536. The monoisotopic (exact) mass is 253 g/mol. The van der Waals surface area contributed by atoms with Crippen molar-refractivity contribution in [3.05, 3.63) is 35.4 Å². The lowest BCUT2D eigenvalue weighted by atomic mass is 9.88. The summed E-state index contributed by atoms with van der Waals surface area (Å²) in [5.74, 6) is 0. The van der Waals surface area contributed by atoms with E-state index in [1.54, 1.807) is 24.3 Å². The minimum Gasteiger partial charge on any atom is -0.326 e. The molecular weight excluding hydrogens is 237 g/mol. The van der Waals surface area contributed by atoms with Crippen molar-refractivity contribution in [2.75, 3.05) is 0 Å². The van der Waals surface area contributed by atoms with Crippen LogP contribution in [0.2, 0.25) is 0 Å². The third-order valence-electron chi connectivity index (χ3n) is 2.97. The summed E-state index contributed by atoms with van der Waals surface area (Å²) in [6.07, 6.45) is 1.21. The smallest absolute Gasteiger partial charge is 0.317 e. The zero-order valence-electron chi connectivity index (χ0n) is 9.93. The minimum absolute atomic E-state index is 0.562. The Hall–Kier alpha value is -1.14. The summed E-state index contributed by atoms with van der Waals surface area (Å²) in [5.41, 5.74) is 0.652. The highest BCUT2D eigenvalue weighted by Crippen LogP contribution is 2.40. The third kappa shape index (κ3) is 3.17. The minimum atomic E-state index is -2.99. The van der Waals surface area contributed by atoms with E-state index in [1.165, 1.54) is 0 Å². The molecule has 0 aliphatic rings. The number of rotatable bonds is 5. The topological polar surface area (TPSA) is 70.3 Å². The molecule has 0 fully saturated rings. The molecule has 1 aromatic carbocycles. The van der Waals surface area contributed by atoms with Gasteiger partial charge in [-0.3, -0.25) is 9.09 Å². The van der Waals surface area contributed by atoms with Gasteiger partial charge in [-0.15, -0.1) is 0 Å². The van der Waals surface area contributed by atoms with Crippen molar-refractivity contribution in [3.63, 3.8) is 0 Å². The van der Waals surface area contributed by atoms with Crippen molar-refractivity contribution in [2.24, 2.45) is 0 Å². The maximum absolute atomic E-state index is 10.9. The fraction of sp³-hybridized carbons (Fsp3) is 0.417. The van der Waals surface area contributed by atoms with Crippen LogP contribution in [0.4, 0.5) is 0 Å². The van der Waals surface area contributed by atoms with Crippen LogP contribution in [0.25, 0.3) is 0 Å². The second kappa shape index (κ2) is 5.97. The fourth-order valence-electron chi connectivity index (χ4n) is 1.88. The number of nitrogens with zero attached hydrogens (tertiary/aromatic N) is 1. The molecule has 17 heavy (non-hydrogen) atoms. The van der Waals surface area contributed by atoms with Gasteiger partial charge in [0.25, 0.3) is 0 Å². The normalized spacial score (nSPS) is 13.1. The number of benzene rings is 1. The standard InChI is InChI=1S/C12H16NO3P/c1-3-12(4-2,16-17(14)15)11-7-5-10(9-13)6-8-11/h5-8,17H,3-4H2,1-2H3,(H,14,15). The predicted molar refractivity (Wildman–Crippen MR) is 65.7 cm³/mol. The second-order valence-electron chi connectivity index (χ2n) is 3.76. The average Bonchev–Trinajstić information content (AvgIpc) is 2.36. The van der Waals surface area contributed by atoms with Gasteiger partial charge in [-0.25, -0.2) is 0 Å². The summed E-state index contributed by atoms with van der Waals surface area (Å²) in [4.78, 5) is 8.98. The first-order valence-corrected chi connectivity index (χ1v) is 6.77. The van der Waals surface area contributed by atoms with Crippen LogP contribution in [0.15, 0.2) is 24.3 Å². The van der Waals surface area contributed by atoms with E-state index in [1.807, 2.05) is 19.9 Å². The molecule has 1 unspecified atom stereocenters. The Morgan fingerprint density at radius 2 is 1.88 bits per heavy atom. The van der Waals surface area contributed by atoms with Gasteiger partial charge in [0.15, 0.2) is 0 Å². The Morgan fingerprint density at radius 1 is 1.35 bits per heavy atom. The fourth-order valence-corrected chi connectivity index (χ4v) is 2.62. The Labute approximate surface area is 102 Å². The van der Waals surface area contributed by atoms with Gasteiger partial charge in [-0.2, -0.15) is 5.26 Å². The highest BCUT2D eigenvalue weighted by Gasteiger charge is 2.31. The number of hydrogen-bond donors (Lipinski definition) is 1. The van der Waals surface area contributed by atoms with Crippen LogP contribution in [-0.2, 0) is 14.7 Å². The molecule has 0 radical (unpaired) electrons. The zero-order valence-corrected chi connectivity index (χ0v) is 10.9.